The Kier molecular flexibility index (Phi) is 7.28. The van der Waals surface area contributed by atoms with Gasteiger partial charge in [-0.25, -0.2) is 0 Å². The molecule has 4 aliphatic carbocycles. The molecule has 12 rings (SSSR count). The maximum absolute atomic E-state index is 3.81. The lowest BCUT2D eigenvalue weighted by Gasteiger charge is -2.18. The minimum absolute atomic E-state index is 0.0316. The largest absolute Gasteiger partial charge is 0.0619 e. The summed E-state index contributed by atoms with van der Waals surface area (Å²) in [4.78, 5) is 0. The summed E-state index contributed by atoms with van der Waals surface area (Å²) in [5, 5.41) is 0. The second-order valence-electron chi connectivity index (χ2n) is 15.5. The van der Waals surface area contributed by atoms with Gasteiger partial charge >= 0.3 is 0 Å². The maximum Gasteiger partial charge on any atom is 0.0438 e. The third kappa shape index (κ3) is 4.73. The molecule has 266 valence electrons. The number of benzene rings is 8. The van der Waals surface area contributed by atoms with Crippen LogP contribution in [0, 0.1) is 23.7 Å². The Labute approximate surface area is 339 Å². The molecule has 0 amide bonds. The van der Waals surface area contributed by atoms with Crippen molar-refractivity contribution in [2.75, 3.05) is 0 Å². The minimum Gasteiger partial charge on any atom is -0.0619 e. The molecule has 0 heteroatoms. The Morgan fingerprint density at radius 1 is 0.241 bits per heavy atom. The monoisotopic (exact) mass is 730 g/mol. The molecule has 0 nitrogen and oxygen atoms in total. The van der Waals surface area contributed by atoms with E-state index in [9.17, 15) is 0 Å². The van der Waals surface area contributed by atoms with E-state index in [1.807, 2.05) is 0 Å². The minimum atomic E-state index is -0.0316. The van der Waals surface area contributed by atoms with Crippen LogP contribution in [0.1, 0.15) is 56.3 Å². The molecule has 0 heterocycles. The molecule has 0 aromatic heterocycles. The van der Waals surface area contributed by atoms with E-state index in [0.29, 0.717) is 0 Å². The first-order chi connectivity index (χ1) is 28.8. The summed E-state index contributed by atoms with van der Waals surface area (Å²) in [5.41, 5.74) is 24.8. The van der Waals surface area contributed by atoms with Gasteiger partial charge in [-0.2, -0.15) is 0 Å². The van der Waals surface area contributed by atoms with Crippen LogP contribution in [-0.2, 0) is 0 Å². The second-order valence-corrected chi connectivity index (χ2v) is 15.5. The van der Waals surface area contributed by atoms with E-state index in [1.54, 1.807) is 0 Å². The van der Waals surface area contributed by atoms with Gasteiger partial charge in [0.05, 0.1) is 0 Å². The van der Waals surface area contributed by atoms with Crippen LogP contribution in [0.5, 0.6) is 0 Å². The lowest BCUT2D eigenvalue weighted by atomic mass is 9.83. The summed E-state index contributed by atoms with van der Waals surface area (Å²) in [7, 11) is 0. The third-order valence-corrected chi connectivity index (χ3v) is 12.6. The van der Waals surface area contributed by atoms with Gasteiger partial charge in [-0.05, 0) is 101 Å². The van der Waals surface area contributed by atoms with Crippen LogP contribution >= 0.6 is 0 Å². The van der Waals surface area contributed by atoms with Gasteiger partial charge in [-0.3, -0.25) is 0 Å². The summed E-state index contributed by atoms with van der Waals surface area (Å²) in [6.07, 6.45) is 0. The molecule has 0 saturated carbocycles. The maximum atomic E-state index is 3.81. The average Bonchev–Trinajstić information content (AvgIpc) is 4.01. The highest BCUT2D eigenvalue weighted by Gasteiger charge is 2.37. The predicted octanol–water partition coefficient (Wildman–Crippen LogP) is 13.6. The molecule has 8 aromatic carbocycles. The van der Waals surface area contributed by atoms with E-state index in [2.05, 4.69) is 218 Å². The van der Waals surface area contributed by atoms with Crippen molar-refractivity contribution in [1.29, 1.82) is 0 Å². The summed E-state index contributed by atoms with van der Waals surface area (Å²) >= 11 is 0. The molecule has 0 fully saturated rings. The van der Waals surface area contributed by atoms with Crippen molar-refractivity contribution >= 4 is 11.1 Å². The average molecular weight is 731 g/mol. The fraction of sp³-hybridized carbons (Fsp3) is 0.0345. The van der Waals surface area contributed by atoms with Crippen molar-refractivity contribution in [3.05, 3.63) is 250 Å². The van der Waals surface area contributed by atoms with Gasteiger partial charge in [0.25, 0.3) is 0 Å². The molecular formula is C58H34. The van der Waals surface area contributed by atoms with Crippen LogP contribution in [0.4, 0.5) is 0 Å². The van der Waals surface area contributed by atoms with Gasteiger partial charge in [-0.1, -0.05) is 206 Å². The Morgan fingerprint density at radius 3 is 0.707 bits per heavy atom. The number of allylic oxidation sites excluding steroid dienone is 2. The molecular weight excluding hydrogens is 697 g/mol. The number of rotatable bonds is 2. The van der Waals surface area contributed by atoms with Gasteiger partial charge in [0, 0.05) is 34.1 Å². The molecule has 0 saturated heterocycles. The molecule has 58 heavy (non-hydrogen) atoms. The number of hydrogen-bond acceptors (Lipinski definition) is 0. The zero-order valence-corrected chi connectivity index (χ0v) is 31.6. The van der Waals surface area contributed by atoms with Crippen LogP contribution < -0.4 is 0 Å². The van der Waals surface area contributed by atoms with Crippen molar-refractivity contribution in [2.24, 2.45) is 0 Å². The first-order valence-electron chi connectivity index (χ1n) is 20.1. The topological polar surface area (TPSA) is 0 Å². The fourth-order valence-corrected chi connectivity index (χ4v) is 10.3. The normalized spacial score (nSPS) is 13.4. The first-order valence-corrected chi connectivity index (χ1v) is 20.1. The zero-order chi connectivity index (χ0) is 38.2. The van der Waals surface area contributed by atoms with E-state index in [0.717, 1.165) is 11.1 Å². The SMILES string of the molecule is C(C#CC(=C1c2ccccc2-c2ccccc21)C1c2ccccc2-c2ccccc21)#CC(=C1c2ccccc2-c2ccccc21)C1c2ccccc2-c2ccccc21. The Balaban J connectivity index is 1.13. The van der Waals surface area contributed by atoms with E-state index < -0.39 is 0 Å². The standard InChI is InChI=1S/C58H34/c1-9-27-45-37(19-1)38-20-2-10-28-46(38)55(45)53(56-47-29-11-3-21-39(47)40-22-4-12-30-48(40)56)35-17-18-36-54(57-49-31-13-5-23-41(49)42-24-6-14-32-50(42)57)58-51-33-15-7-25-43(51)44-26-8-16-34-52(44)58/h1-16,19-34,55,57H. The summed E-state index contributed by atoms with van der Waals surface area (Å²) < 4.78 is 0. The molecule has 0 aliphatic heterocycles. The van der Waals surface area contributed by atoms with E-state index in [-0.39, 0.29) is 11.8 Å². The smallest absolute Gasteiger partial charge is 0.0438 e. The van der Waals surface area contributed by atoms with Gasteiger partial charge < -0.3 is 0 Å². The summed E-state index contributed by atoms with van der Waals surface area (Å²) in [6, 6.07) is 70.6. The van der Waals surface area contributed by atoms with Crippen molar-refractivity contribution < 1.29 is 0 Å². The van der Waals surface area contributed by atoms with Gasteiger partial charge in [0.15, 0.2) is 0 Å². The van der Waals surface area contributed by atoms with Crippen molar-refractivity contribution in [2.45, 2.75) is 11.8 Å². The molecule has 0 unspecified atom stereocenters. The van der Waals surface area contributed by atoms with E-state index >= 15 is 0 Å². The van der Waals surface area contributed by atoms with Crippen LogP contribution in [0.15, 0.2) is 205 Å². The van der Waals surface area contributed by atoms with Crippen LogP contribution in [0.2, 0.25) is 0 Å². The van der Waals surface area contributed by atoms with Gasteiger partial charge in [0.2, 0.25) is 0 Å². The number of hydrogen-bond donors (Lipinski definition) is 0. The zero-order valence-electron chi connectivity index (χ0n) is 31.6. The molecule has 0 atom stereocenters. The van der Waals surface area contributed by atoms with Crippen molar-refractivity contribution in [1.82, 2.24) is 0 Å². The molecule has 0 spiro atoms. The summed E-state index contributed by atoms with van der Waals surface area (Å²) in [6.45, 7) is 0. The third-order valence-electron chi connectivity index (χ3n) is 12.6. The Morgan fingerprint density at radius 2 is 0.448 bits per heavy atom. The molecule has 0 N–H and O–H groups in total. The molecule has 0 radical (unpaired) electrons. The second kappa shape index (κ2) is 13.0. The van der Waals surface area contributed by atoms with E-state index in [4.69, 9.17) is 0 Å². The molecule has 0 bridgehead atoms. The van der Waals surface area contributed by atoms with E-state index in [1.165, 1.54) is 100 Å². The molecule has 4 aliphatic rings. The quantitative estimate of drug-likeness (QED) is 0.155. The van der Waals surface area contributed by atoms with Crippen LogP contribution in [-0.4, -0.2) is 0 Å². The first kappa shape index (κ1) is 32.6. The number of fused-ring (bicyclic) bond motifs is 12. The lowest BCUT2D eigenvalue weighted by molar-refractivity contribution is 1.03. The van der Waals surface area contributed by atoms with Crippen LogP contribution in [0.3, 0.4) is 0 Å². The van der Waals surface area contributed by atoms with Crippen LogP contribution in [0.25, 0.3) is 55.7 Å². The highest BCUT2D eigenvalue weighted by atomic mass is 14.4. The van der Waals surface area contributed by atoms with Gasteiger partial charge in [0.1, 0.15) is 0 Å². The Bertz CT molecular complexity index is 2840. The van der Waals surface area contributed by atoms with Crippen molar-refractivity contribution in [3.8, 4) is 68.2 Å². The fourth-order valence-electron chi connectivity index (χ4n) is 10.3. The Hall–Kier alpha value is -7.64. The highest BCUT2D eigenvalue weighted by Crippen LogP contribution is 2.55. The summed E-state index contributed by atoms with van der Waals surface area (Å²) in [5.74, 6) is 14.6. The molecule has 8 aromatic rings. The lowest BCUT2D eigenvalue weighted by Crippen LogP contribution is -2.04. The van der Waals surface area contributed by atoms with Gasteiger partial charge in [-0.15, -0.1) is 0 Å². The van der Waals surface area contributed by atoms with Crippen molar-refractivity contribution in [3.63, 3.8) is 0 Å². The highest BCUT2D eigenvalue weighted by molar-refractivity contribution is 6.06. The predicted molar refractivity (Wildman–Crippen MR) is 239 cm³/mol.